The van der Waals surface area contributed by atoms with Crippen molar-refractivity contribution in [3.63, 3.8) is 0 Å². The Hall–Kier alpha value is -0.810. The fourth-order valence-corrected chi connectivity index (χ4v) is 1.82. The van der Waals surface area contributed by atoms with Gasteiger partial charge in [0.25, 0.3) is 0 Å². The molecule has 14 heavy (non-hydrogen) atoms. The first kappa shape index (κ1) is 9.73. The van der Waals surface area contributed by atoms with Crippen LogP contribution in [0.25, 0.3) is 0 Å². The van der Waals surface area contributed by atoms with Crippen LogP contribution in [-0.2, 0) is 0 Å². The Bertz CT molecular complexity index is 315. The monoisotopic (exact) mass is 211 g/mol. The second-order valence-electron chi connectivity index (χ2n) is 3.35. The maximum Gasteiger partial charge on any atom is 0.226 e. The van der Waals surface area contributed by atoms with E-state index in [9.17, 15) is 0 Å². The van der Waals surface area contributed by atoms with E-state index >= 15 is 0 Å². The number of aliphatic hydroxyl groups excluding tert-OH is 1. The fraction of sp³-hybridized carbons (Fsp3) is 0.556. The summed E-state index contributed by atoms with van der Waals surface area (Å²) in [4.78, 5) is 10.7. The van der Waals surface area contributed by atoms with Crippen LogP contribution < -0.4 is 4.90 Å². The molecule has 1 aliphatic rings. The van der Waals surface area contributed by atoms with Gasteiger partial charge in [-0.1, -0.05) is 0 Å². The average Bonchev–Trinajstić information content (AvgIpc) is 2.17. The summed E-state index contributed by atoms with van der Waals surface area (Å²) >= 11 is 1.61. The summed E-state index contributed by atoms with van der Waals surface area (Å²) in [6.07, 6.45) is 3.78. The van der Waals surface area contributed by atoms with E-state index in [2.05, 4.69) is 14.9 Å². The van der Waals surface area contributed by atoms with Crippen LogP contribution in [0.1, 0.15) is 0 Å². The highest BCUT2D eigenvalue weighted by Crippen LogP contribution is 2.22. The number of aromatic nitrogens is 2. The summed E-state index contributed by atoms with van der Waals surface area (Å²) in [5, 5.41) is 9.87. The van der Waals surface area contributed by atoms with E-state index in [4.69, 9.17) is 5.11 Å². The SMILES string of the molecule is CSc1ccnc(N2CC(CO)C2)n1. The van der Waals surface area contributed by atoms with Crippen LogP contribution in [0.5, 0.6) is 0 Å². The molecule has 1 fully saturated rings. The van der Waals surface area contributed by atoms with Gasteiger partial charge in [-0.3, -0.25) is 0 Å². The molecule has 1 aromatic heterocycles. The molecular formula is C9H13N3OS. The predicted octanol–water partition coefficient (Wildman–Crippen LogP) is 0.627. The highest BCUT2D eigenvalue weighted by molar-refractivity contribution is 7.98. The van der Waals surface area contributed by atoms with Crippen molar-refractivity contribution in [1.82, 2.24) is 9.97 Å². The van der Waals surface area contributed by atoms with Crippen LogP contribution >= 0.6 is 11.8 Å². The van der Waals surface area contributed by atoms with Crippen LogP contribution in [0, 0.1) is 5.92 Å². The molecule has 0 amide bonds. The summed E-state index contributed by atoms with van der Waals surface area (Å²) in [7, 11) is 0. The van der Waals surface area contributed by atoms with Gasteiger partial charge in [0, 0.05) is 31.8 Å². The molecule has 2 heterocycles. The van der Waals surface area contributed by atoms with Gasteiger partial charge in [0.05, 0.1) is 0 Å². The fourth-order valence-electron chi connectivity index (χ4n) is 1.45. The molecule has 0 spiro atoms. The molecule has 0 radical (unpaired) electrons. The van der Waals surface area contributed by atoms with Gasteiger partial charge in [0.2, 0.25) is 5.95 Å². The Kier molecular flexibility index (Phi) is 2.88. The zero-order chi connectivity index (χ0) is 9.97. The van der Waals surface area contributed by atoms with Crippen molar-refractivity contribution in [3.05, 3.63) is 12.3 Å². The van der Waals surface area contributed by atoms with E-state index in [1.165, 1.54) is 0 Å². The van der Waals surface area contributed by atoms with Gasteiger partial charge < -0.3 is 10.0 Å². The molecule has 0 unspecified atom stereocenters. The zero-order valence-corrected chi connectivity index (χ0v) is 8.87. The highest BCUT2D eigenvalue weighted by Gasteiger charge is 2.27. The van der Waals surface area contributed by atoms with E-state index in [1.807, 2.05) is 12.3 Å². The molecule has 0 atom stereocenters. The molecule has 1 N–H and O–H groups in total. The van der Waals surface area contributed by atoms with Crippen molar-refractivity contribution < 1.29 is 5.11 Å². The van der Waals surface area contributed by atoms with Crippen LogP contribution in [0.2, 0.25) is 0 Å². The van der Waals surface area contributed by atoms with E-state index < -0.39 is 0 Å². The molecule has 4 nitrogen and oxygen atoms in total. The van der Waals surface area contributed by atoms with Crippen LogP contribution in [0.4, 0.5) is 5.95 Å². The average molecular weight is 211 g/mol. The molecule has 76 valence electrons. The number of hydrogen-bond acceptors (Lipinski definition) is 5. The molecule has 5 heteroatoms. The van der Waals surface area contributed by atoms with Crippen molar-refractivity contribution in [3.8, 4) is 0 Å². The van der Waals surface area contributed by atoms with Crippen molar-refractivity contribution in [2.45, 2.75) is 5.03 Å². The Balaban J connectivity index is 2.03. The molecule has 0 aliphatic carbocycles. The van der Waals surface area contributed by atoms with E-state index in [0.29, 0.717) is 5.92 Å². The van der Waals surface area contributed by atoms with Crippen molar-refractivity contribution in [1.29, 1.82) is 0 Å². The maximum atomic E-state index is 8.88. The van der Waals surface area contributed by atoms with Crippen molar-refractivity contribution in [2.24, 2.45) is 5.92 Å². The van der Waals surface area contributed by atoms with E-state index in [-0.39, 0.29) is 6.61 Å². The van der Waals surface area contributed by atoms with Crippen LogP contribution in [-0.4, -0.2) is 41.0 Å². The molecule has 0 aromatic carbocycles. The number of anilines is 1. The van der Waals surface area contributed by atoms with Gasteiger partial charge in [0.1, 0.15) is 5.03 Å². The number of nitrogens with zero attached hydrogens (tertiary/aromatic N) is 3. The lowest BCUT2D eigenvalue weighted by atomic mass is 10.0. The summed E-state index contributed by atoms with van der Waals surface area (Å²) in [5.74, 6) is 1.18. The molecule has 0 saturated carbocycles. The Morgan fingerprint density at radius 2 is 2.43 bits per heavy atom. The van der Waals surface area contributed by atoms with E-state index in [0.717, 1.165) is 24.1 Å². The normalized spacial score (nSPS) is 16.9. The second-order valence-corrected chi connectivity index (χ2v) is 4.18. The smallest absolute Gasteiger partial charge is 0.226 e. The van der Waals surface area contributed by atoms with Gasteiger partial charge >= 0.3 is 0 Å². The first-order valence-electron chi connectivity index (χ1n) is 4.56. The molecule has 1 aromatic rings. The van der Waals surface area contributed by atoms with Gasteiger partial charge in [0.15, 0.2) is 0 Å². The lowest BCUT2D eigenvalue weighted by Gasteiger charge is -2.38. The predicted molar refractivity (Wildman–Crippen MR) is 56.6 cm³/mol. The summed E-state index contributed by atoms with van der Waals surface area (Å²) in [6, 6.07) is 1.90. The Morgan fingerprint density at radius 1 is 1.64 bits per heavy atom. The lowest BCUT2D eigenvalue weighted by molar-refractivity contribution is 0.199. The molecule has 0 bridgehead atoms. The van der Waals surface area contributed by atoms with E-state index in [1.54, 1.807) is 18.0 Å². The van der Waals surface area contributed by atoms with Gasteiger partial charge in [-0.2, -0.15) is 0 Å². The largest absolute Gasteiger partial charge is 0.396 e. The van der Waals surface area contributed by atoms with Gasteiger partial charge in [-0.25, -0.2) is 9.97 Å². The first-order chi connectivity index (χ1) is 6.83. The maximum absolute atomic E-state index is 8.88. The third-order valence-corrected chi connectivity index (χ3v) is 2.97. The molecule has 2 rings (SSSR count). The molecule has 1 aliphatic heterocycles. The third kappa shape index (κ3) is 1.83. The summed E-state index contributed by atoms with van der Waals surface area (Å²) < 4.78 is 0. The zero-order valence-electron chi connectivity index (χ0n) is 8.05. The minimum atomic E-state index is 0.263. The minimum Gasteiger partial charge on any atom is -0.396 e. The quantitative estimate of drug-likeness (QED) is 0.587. The number of hydrogen-bond donors (Lipinski definition) is 1. The number of aliphatic hydroxyl groups is 1. The second kappa shape index (κ2) is 4.14. The third-order valence-electron chi connectivity index (χ3n) is 2.32. The van der Waals surface area contributed by atoms with Crippen molar-refractivity contribution >= 4 is 17.7 Å². The number of thioether (sulfide) groups is 1. The highest BCUT2D eigenvalue weighted by atomic mass is 32.2. The number of rotatable bonds is 3. The summed E-state index contributed by atoms with van der Waals surface area (Å²) in [5.41, 5.74) is 0. The van der Waals surface area contributed by atoms with Crippen LogP contribution in [0.15, 0.2) is 17.3 Å². The van der Waals surface area contributed by atoms with Crippen LogP contribution in [0.3, 0.4) is 0 Å². The topological polar surface area (TPSA) is 49.2 Å². The molecule has 1 saturated heterocycles. The molecular weight excluding hydrogens is 198 g/mol. The first-order valence-corrected chi connectivity index (χ1v) is 5.79. The van der Waals surface area contributed by atoms with Gasteiger partial charge in [-0.15, -0.1) is 11.8 Å². The Morgan fingerprint density at radius 3 is 3.07 bits per heavy atom. The minimum absolute atomic E-state index is 0.263. The standard InChI is InChI=1S/C9H13N3OS/c1-14-8-2-3-10-9(11-8)12-4-7(5-12)6-13/h2-3,7,13H,4-6H2,1H3. The Labute approximate surface area is 87.4 Å². The summed E-state index contributed by atoms with van der Waals surface area (Å²) in [6.45, 7) is 2.00. The van der Waals surface area contributed by atoms with Crippen molar-refractivity contribution in [2.75, 3.05) is 30.9 Å². The lowest BCUT2D eigenvalue weighted by Crippen LogP contribution is -2.49. The van der Waals surface area contributed by atoms with Gasteiger partial charge in [-0.05, 0) is 12.3 Å².